The van der Waals surface area contributed by atoms with Gasteiger partial charge in [0.15, 0.2) is 10.7 Å². The van der Waals surface area contributed by atoms with Crippen LogP contribution in [0.3, 0.4) is 0 Å². The molecule has 0 amide bonds. The van der Waals surface area contributed by atoms with Crippen molar-refractivity contribution in [3.63, 3.8) is 0 Å². The summed E-state index contributed by atoms with van der Waals surface area (Å²) in [5.74, 6) is -5.02. The van der Waals surface area contributed by atoms with E-state index in [0.717, 1.165) is 56.0 Å². The van der Waals surface area contributed by atoms with Gasteiger partial charge < -0.3 is 25.2 Å². The summed E-state index contributed by atoms with van der Waals surface area (Å²) in [4.78, 5) is 38.8. The first-order valence-corrected chi connectivity index (χ1v) is 16.0. The van der Waals surface area contributed by atoms with Gasteiger partial charge >= 0.3 is 17.9 Å². The molecule has 1 saturated heterocycles. The molecule has 3 aromatic rings. The molecule has 0 bridgehead atoms. The number of halogens is 1. The van der Waals surface area contributed by atoms with Crippen molar-refractivity contribution in [2.45, 2.75) is 76.5 Å². The average molecular weight is 657 g/mol. The molecule has 5 rings (SSSR count). The van der Waals surface area contributed by atoms with Gasteiger partial charge in [-0.3, -0.25) is 19.5 Å². The molecule has 0 aliphatic carbocycles. The first kappa shape index (κ1) is 35.1. The predicted molar refractivity (Wildman–Crippen MR) is 169 cm³/mol. The number of carboxylic acid groups (broad SMARTS) is 3. The maximum atomic E-state index is 13.7. The lowest BCUT2D eigenvalue weighted by atomic mass is 9.72. The molecular weight excluding hydrogens is 615 g/mol. The summed E-state index contributed by atoms with van der Waals surface area (Å²) < 4.78 is 20.2. The third-order valence-corrected chi connectivity index (χ3v) is 10.1. The van der Waals surface area contributed by atoms with Gasteiger partial charge in [-0.05, 0) is 87.9 Å². The lowest BCUT2D eigenvalue weighted by Crippen LogP contribution is -2.43. The molecule has 1 fully saturated rings. The van der Waals surface area contributed by atoms with Crippen molar-refractivity contribution in [2.75, 3.05) is 19.7 Å². The standard InChI is InChI=1S/C28H33FN2OS.C6H8O7/c1-20-8-9-22(18-30-20)27(2,3)31-16-15-28(19-31,14-12-23-10-11-25(29)33-23)26-24-7-5-4-6-21(24)13-17-32-26;7-3(8)1-6(13,5(11)12)2-4(9)10/h4-11,18,26H,12-17,19H2,1-3H3;13H,1-2H2,(H,7,8)(H,9,10)(H,11,12)/t26-,28+;/m0./s1. The van der Waals surface area contributed by atoms with Gasteiger partial charge in [-0.25, -0.2) is 4.79 Å². The van der Waals surface area contributed by atoms with E-state index in [4.69, 9.17) is 25.2 Å². The van der Waals surface area contributed by atoms with Crippen LogP contribution >= 0.6 is 11.3 Å². The zero-order valence-electron chi connectivity index (χ0n) is 26.2. The second kappa shape index (κ2) is 14.4. The van der Waals surface area contributed by atoms with E-state index in [1.54, 1.807) is 6.07 Å². The average Bonchev–Trinajstić information content (AvgIpc) is 3.63. The van der Waals surface area contributed by atoms with Crippen molar-refractivity contribution in [1.29, 1.82) is 0 Å². The highest BCUT2D eigenvalue weighted by Crippen LogP contribution is 2.52. The van der Waals surface area contributed by atoms with Crippen LogP contribution in [0.5, 0.6) is 0 Å². The predicted octanol–water partition coefficient (Wildman–Crippen LogP) is 5.22. The summed E-state index contributed by atoms with van der Waals surface area (Å²) >= 11 is 1.28. The number of thiophene rings is 1. The molecule has 0 unspecified atom stereocenters. The fourth-order valence-electron chi connectivity index (χ4n) is 6.41. The summed E-state index contributed by atoms with van der Waals surface area (Å²) in [7, 11) is 0. The number of hydrogen-bond acceptors (Lipinski definition) is 8. The number of aliphatic hydroxyl groups is 1. The van der Waals surface area contributed by atoms with E-state index in [9.17, 15) is 18.8 Å². The second-order valence-corrected chi connectivity index (χ2v) is 13.8. The lowest BCUT2D eigenvalue weighted by Gasteiger charge is -2.43. The molecule has 10 nitrogen and oxygen atoms in total. The van der Waals surface area contributed by atoms with Crippen LogP contribution in [0.15, 0.2) is 54.7 Å². The molecular formula is C34H41FN2O8S. The Labute approximate surface area is 271 Å². The Kier molecular flexibility index (Phi) is 11.0. The van der Waals surface area contributed by atoms with Crippen LogP contribution in [-0.2, 0) is 37.5 Å². The van der Waals surface area contributed by atoms with Gasteiger partial charge in [-0.1, -0.05) is 30.3 Å². The van der Waals surface area contributed by atoms with Crippen LogP contribution in [0.4, 0.5) is 4.39 Å². The summed E-state index contributed by atoms with van der Waals surface area (Å²) in [5, 5.41) is 33.7. The molecule has 0 radical (unpaired) electrons. The van der Waals surface area contributed by atoms with Gasteiger partial charge in [-0.15, -0.1) is 11.3 Å². The van der Waals surface area contributed by atoms with Crippen LogP contribution < -0.4 is 0 Å². The number of benzene rings is 1. The normalized spacial score (nSPS) is 20.0. The Morgan fingerprint density at radius 1 is 1.07 bits per heavy atom. The molecule has 12 heteroatoms. The molecule has 46 heavy (non-hydrogen) atoms. The van der Waals surface area contributed by atoms with Crippen LogP contribution in [0.1, 0.15) is 72.9 Å². The summed E-state index contributed by atoms with van der Waals surface area (Å²) in [5.41, 5.74) is 2.18. The molecule has 2 atom stereocenters. The van der Waals surface area contributed by atoms with Gasteiger partial charge in [0.05, 0.1) is 25.6 Å². The van der Waals surface area contributed by atoms with E-state index >= 15 is 0 Å². The lowest BCUT2D eigenvalue weighted by molar-refractivity contribution is -0.170. The number of aliphatic carboxylic acids is 3. The molecule has 0 saturated carbocycles. The quantitative estimate of drug-likeness (QED) is 0.216. The van der Waals surface area contributed by atoms with E-state index in [-0.39, 0.29) is 22.2 Å². The summed E-state index contributed by atoms with van der Waals surface area (Å²) in [6.07, 6.45) is 3.73. The summed E-state index contributed by atoms with van der Waals surface area (Å²) in [6.45, 7) is 9.38. The maximum absolute atomic E-state index is 13.7. The number of aromatic nitrogens is 1. The number of fused-ring (bicyclic) bond motifs is 1. The van der Waals surface area contributed by atoms with Gasteiger partial charge in [0.25, 0.3) is 0 Å². The first-order chi connectivity index (χ1) is 21.6. The highest BCUT2D eigenvalue weighted by Gasteiger charge is 2.50. The van der Waals surface area contributed by atoms with Crippen molar-refractivity contribution < 1.29 is 43.9 Å². The number of carboxylic acids is 3. The molecule has 4 N–H and O–H groups in total. The highest BCUT2D eigenvalue weighted by molar-refractivity contribution is 7.10. The van der Waals surface area contributed by atoms with E-state index in [2.05, 4.69) is 60.1 Å². The van der Waals surface area contributed by atoms with E-state index in [1.165, 1.54) is 28.0 Å². The zero-order valence-corrected chi connectivity index (χ0v) is 27.1. The Bertz CT molecular complexity index is 1530. The summed E-state index contributed by atoms with van der Waals surface area (Å²) in [6, 6.07) is 16.6. The van der Waals surface area contributed by atoms with Gasteiger partial charge in [0.1, 0.15) is 0 Å². The van der Waals surface area contributed by atoms with Crippen molar-refractivity contribution in [3.05, 3.63) is 87.1 Å². The molecule has 248 valence electrons. The molecule has 1 aromatic carbocycles. The minimum atomic E-state index is -2.74. The fraction of sp³-hybridized carbons (Fsp3) is 0.471. The minimum Gasteiger partial charge on any atom is -0.481 e. The SMILES string of the molecule is Cc1ccc(C(C)(C)N2CC[C@@](CCc3ccc(F)s3)([C@H]3OCCc4ccccc43)C2)cn1.O=C(O)CC(O)(CC(=O)O)C(=O)O. The number of carbonyl (C=O) groups is 3. The van der Waals surface area contributed by atoms with E-state index < -0.39 is 36.4 Å². The van der Waals surface area contributed by atoms with Crippen molar-refractivity contribution >= 4 is 29.2 Å². The van der Waals surface area contributed by atoms with Crippen LogP contribution in [0, 0.1) is 17.5 Å². The third kappa shape index (κ3) is 8.16. The smallest absolute Gasteiger partial charge is 0.336 e. The Hall–Kier alpha value is -3.71. The minimum absolute atomic E-state index is 0.00755. The molecule has 2 aliphatic rings. The van der Waals surface area contributed by atoms with Crippen molar-refractivity contribution in [1.82, 2.24) is 9.88 Å². The topological polar surface area (TPSA) is 157 Å². The van der Waals surface area contributed by atoms with Gasteiger partial charge in [0.2, 0.25) is 0 Å². The van der Waals surface area contributed by atoms with Gasteiger partial charge in [-0.2, -0.15) is 4.39 Å². The molecule has 4 heterocycles. The Morgan fingerprint density at radius 3 is 2.35 bits per heavy atom. The number of ether oxygens (including phenoxy) is 1. The van der Waals surface area contributed by atoms with Gasteiger partial charge in [0, 0.05) is 34.3 Å². The third-order valence-electron chi connectivity index (χ3n) is 9.13. The number of nitrogens with zero attached hydrogens (tertiary/aromatic N) is 2. The van der Waals surface area contributed by atoms with Crippen LogP contribution in [0.25, 0.3) is 0 Å². The highest BCUT2D eigenvalue weighted by atomic mass is 32.1. The van der Waals surface area contributed by atoms with Crippen molar-refractivity contribution in [3.8, 4) is 0 Å². The Morgan fingerprint density at radius 2 is 1.76 bits per heavy atom. The fourth-order valence-corrected chi connectivity index (χ4v) is 7.13. The molecule has 0 spiro atoms. The van der Waals surface area contributed by atoms with Crippen LogP contribution in [-0.4, -0.2) is 73.5 Å². The first-order valence-electron chi connectivity index (χ1n) is 15.2. The van der Waals surface area contributed by atoms with Crippen LogP contribution in [0.2, 0.25) is 0 Å². The largest absolute Gasteiger partial charge is 0.481 e. The molecule has 2 aromatic heterocycles. The zero-order chi connectivity index (χ0) is 33.7. The van der Waals surface area contributed by atoms with Crippen molar-refractivity contribution in [2.24, 2.45) is 5.41 Å². The second-order valence-electron chi connectivity index (χ2n) is 12.7. The molecule has 2 aliphatic heterocycles. The number of pyridine rings is 1. The number of hydrogen-bond donors (Lipinski definition) is 4. The monoisotopic (exact) mass is 656 g/mol. The van der Waals surface area contributed by atoms with E-state index in [0.29, 0.717) is 0 Å². The number of likely N-dealkylation sites (tertiary alicyclic amines) is 1. The van der Waals surface area contributed by atoms with E-state index in [1.807, 2.05) is 19.2 Å². The maximum Gasteiger partial charge on any atom is 0.336 e. The number of rotatable bonds is 11. The Balaban J connectivity index is 0.000000315. The number of aryl methyl sites for hydroxylation is 2.